The summed E-state index contributed by atoms with van der Waals surface area (Å²) in [7, 11) is 0. The molecule has 0 unspecified atom stereocenters. The highest BCUT2D eigenvalue weighted by atomic mass is 16.5. The van der Waals surface area contributed by atoms with E-state index in [2.05, 4.69) is 15.5 Å². The van der Waals surface area contributed by atoms with Gasteiger partial charge >= 0.3 is 0 Å². The Labute approximate surface area is 168 Å². The number of nitrogens with one attached hydrogen (secondary N) is 1. The van der Waals surface area contributed by atoms with Crippen LogP contribution in [0.3, 0.4) is 0 Å². The molecule has 0 saturated carbocycles. The van der Waals surface area contributed by atoms with E-state index >= 15 is 0 Å². The molecule has 1 aliphatic rings. The third kappa shape index (κ3) is 3.74. The number of carbonyl (C=O) groups is 2. The van der Waals surface area contributed by atoms with Crippen LogP contribution < -0.4 is 5.32 Å². The van der Waals surface area contributed by atoms with E-state index in [1.54, 1.807) is 31.4 Å². The summed E-state index contributed by atoms with van der Waals surface area (Å²) < 4.78 is 10.7. The van der Waals surface area contributed by atoms with Crippen molar-refractivity contribution in [1.29, 1.82) is 0 Å². The molecule has 29 heavy (non-hydrogen) atoms. The molecule has 0 aromatic carbocycles. The molecule has 152 valence electrons. The molecular weight excluding hydrogens is 372 g/mol. The topological polar surface area (TPSA) is 101 Å². The minimum Gasteiger partial charge on any atom is -0.463 e. The predicted molar refractivity (Wildman–Crippen MR) is 106 cm³/mol. The molecule has 1 fully saturated rings. The first-order valence-electron chi connectivity index (χ1n) is 9.84. The molecule has 1 aliphatic heterocycles. The summed E-state index contributed by atoms with van der Waals surface area (Å²) in [6, 6.07) is 5.26. The Balaban J connectivity index is 1.54. The van der Waals surface area contributed by atoms with Gasteiger partial charge in [-0.1, -0.05) is 19.0 Å². The fourth-order valence-corrected chi connectivity index (χ4v) is 3.70. The lowest BCUT2D eigenvalue weighted by molar-refractivity contribution is -0.135. The highest BCUT2D eigenvalue weighted by Crippen LogP contribution is 2.27. The fourth-order valence-electron chi connectivity index (χ4n) is 3.70. The summed E-state index contributed by atoms with van der Waals surface area (Å²) in [5, 5.41) is 7.66. The monoisotopic (exact) mass is 396 g/mol. The predicted octanol–water partition coefficient (Wildman–Crippen LogP) is 3.17. The number of furan rings is 1. The van der Waals surface area contributed by atoms with Gasteiger partial charge in [-0.15, -0.1) is 0 Å². The zero-order valence-corrected chi connectivity index (χ0v) is 16.8. The summed E-state index contributed by atoms with van der Waals surface area (Å²) in [5.74, 6) is 0.497. The lowest BCUT2D eigenvalue weighted by Gasteiger charge is -2.33. The molecule has 0 spiro atoms. The van der Waals surface area contributed by atoms with Crippen molar-refractivity contribution in [2.45, 2.75) is 39.7 Å². The second kappa shape index (κ2) is 7.69. The average Bonchev–Trinajstić information content (AvgIpc) is 3.37. The first kappa shape index (κ1) is 19.2. The Bertz CT molecular complexity index is 1030. The summed E-state index contributed by atoms with van der Waals surface area (Å²) in [6.45, 7) is 6.90. The molecule has 3 aromatic rings. The summed E-state index contributed by atoms with van der Waals surface area (Å²) in [6.07, 6.45) is 3.01. The third-order valence-electron chi connectivity index (χ3n) is 5.27. The van der Waals surface area contributed by atoms with Crippen molar-refractivity contribution in [3.63, 3.8) is 0 Å². The van der Waals surface area contributed by atoms with E-state index in [0.717, 1.165) is 12.8 Å². The van der Waals surface area contributed by atoms with Crippen LogP contribution >= 0.6 is 0 Å². The standard InChI is InChI=1S/C21H24N4O4/c1-12(2)21(27)25-8-6-14(7-9-25)22-19(26)15-11-16(17-5-4-10-28-17)23-20-18(15)13(3)24-29-20/h4-5,10-12,14H,6-9H2,1-3H3,(H,22,26). The molecule has 0 atom stereocenters. The molecule has 4 rings (SSSR count). The normalized spacial score (nSPS) is 15.2. The number of likely N-dealkylation sites (tertiary alicyclic amines) is 1. The van der Waals surface area contributed by atoms with Crippen LogP contribution in [0, 0.1) is 12.8 Å². The number of piperidine rings is 1. The minimum atomic E-state index is -0.204. The van der Waals surface area contributed by atoms with Gasteiger partial charge in [0, 0.05) is 25.0 Å². The molecule has 0 bridgehead atoms. The van der Waals surface area contributed by atoms with Gasteiger partial charge in [-0.05, 0) is 38.0 Å². The zero-order valence-electron chi connectivity index (χ0n) is 16.8. The quantitative estimate of drug-likeness (QED) is 0.727. The second-order valence-electron chi connectivity index (χ2n) is 7.71. The molecule has 4 heterocycles. The maximum absolute atomic E-state index is 13.1. The Morgan fingerprint density at radius 1 is 1.28 bits per heavy atom. The molecule has 8 nitrogen and oxygen atoms in total. The highest BCUT2D eigenvalue weighted by Gasteiger charge is 2.27. The van der Waals surface area contributed by atoms with Gasteiger partial charge in [0.1, 0.15) is 5.69 Å². The van der Waals surface area contributed by atoms with Crippen molar-refractivity contribution in [3.05, 3.63) is 35.7 Å². The number of nitrogens with zero attached hydrogens (tertiary/aromatic N) is 3. The zero-order chi connectivity index (χ0) is 20.5. The molecule has 8 heteroatoms. The van der Waals surface area contributed by atoms with Crippen LogP contribution in [0.4, 0.5) is 0 Å². The first-order valence-corrected chi connectivity index (χ1v) is 9.84. The average molecular weight is 396 g/mol. The van der Waals surface area contributed by atoms with E-state index in [4.69, 9.17) is 8.94 Å². The van der Waals surface area contributed by atoms with E-state index in [9.17, 15) is 9.59 Å². The van der Waals surface area contributed by atoms with Crippen molar-refractivity contribution < 1.29 is 18.5 Å². The smallest absolute Gasteiger partial charge is 0.259 e. The maximum atomic E-state index is 13.1. The second-order valence-corrected chi connectivity index (χ2v) is 7.71. The Morgan fingerprint density at radius 3 is 2.69 bits per heavy atom. The van der Waals surface area contributed by atoms with Crippen LogP contribution in [-0.4, -0.2) is 46.0 Å². The lowest BCUT2D eigenvalue weighted by atomic mass is 10.0. The molecule has 2 amide bonds. The maximum Gasteiger partial charge on any atom is 0.259 e. The number of rotatable bonds is 4. The largest absolute Gasteiger partial charge is 0.463 e. The fraction of sp³-hybridized carbons (Fsp3) is 0.429. The van der Waals surface area contributed by atoms with Gasteiger partial charge < -0.3 is 19.2 Å². The van der Waals surface area contributed by atoms with Gasteiger partial charge in [-0.3, -0.25) is 9.59 Å². The number of aryl methyl sites for hydroxylation is 1. The lowest BCUT2D eigenvalue weighted by Crippen LogP contribution is -2.47. The van der Waals surface area contributed by atoms with Gasteiger partial charge in [-0.25, -0.2) is 4.98 Å². The number of fused-ring (bicyclic) bond motifs is 1. The number of pyridine rings is 1. The molecule has 0 aliphatic carbocycles. The number of aromatic nitrogens is 2. The Hall–Kier alpha value is -3.16. The van der Waals surface area contributed by atoms with Crippen LogP contribution in [0.15, 0.2) is 33.4 Å². The van der Waals surface area contributed by atoms with E-state index in [1.165, 1.54) is 0 Å². The molecule has 0 radical (unpaired) electrons. The molecule has 3 aromatic heterocycles. The van der Waals surface area contributed by atoms with E-state index in [0.29, 0.717) is 46.9 Å². The van der Waals surface area contributed by atoms with E-state index < -0.39 is 0 Å². The van der Waals surface area contributed by atoms with Crippen LogP contribution in [0.5, 0.6) is 0 Å². The van der Waals surface area contributed by atoms with Crippen molar-refractivity contribution in [2.75, 3.05) is 13.1 Å². The Morgan fingerprint density at radius 2 is 2.03 bits per heavy atom. The van der Waals surface area contributed by atoms with Crippen LogP contribution in [0.1, 0.15) is 42.7 Å². The molecule has 1 N–H and O–H groups in total. The van der Waals surface area contributed by atoms with Crippen molar-refractivity contribution in [1.82, 2.24) is 20.4 Å². The Kier molecular flexibility index (Phi) is 5.08. The third-order valence-corrected chi connectivity index (χ3v) is 5.27. The van der Waals surface area contributed by atoms with Crippen molar-refractivity contribution >= 4 is 22.9 Å². The SMILES string of the molecule is Cc1noc2nc(-c3ccco3)cc(C(=O)NC3CCN(C(=O)C(C)C)CC3)c12. The summed E-state index contributed by atoms with van der Waals surface area (Å²) in [4.78, 5) is 31.6. The molecule has 1 saturated heterocycles. The van der Waals surface area contributed by atoms with Crippen molar-refractivity contribution in [3.8, 4) is 11.5 Å². The first-order chi connectivity index (χ1) is 13.9. The van der Waals surface area contributed by atoms with Crippen LogP contribution in [0.25, 0.3) is 22.6 Å². The van der Waals surface area contributed by atoms with Gasteiger partial charge in [-0.2, -0.15) is 0 Å². The highest BCUT2D eigenvalue weighted by molar-refractivity contribution is 6.07. The number of amides is 2. The van der Waals surface area contributed by atoms with Gasteiger partial charge in [0.05, 0.1) is 22.9 Å². The number of carbonyl (C=O) groups excluding carboxylic acids is 2. The minimum absolute atomic E-state index is 0.00848. The van der Waals surface area contributed by atoms with E-state index in [1.807, 2.05) is 18.7 Å². The molecular formula is C21H24N4O4. The summed E-state index contributed by atoms with van der Waals surface area (Å²) >= 11 is 0. The van der Waals surface area contributed by atoms with Gasteiger partial charge in [0.15, 0.2) is 5.76 Å². The summed E-state index contributed by atoms with van der Waals surface area (Å²) in [5.41, 5.74) is 1.89. The number of hydrogen-bond acceptors (Lipinski definition) is 6. The van der Waals surface area contributed by atoms with Gasteiger partial charge in [0.2, 0.25) is 5.91 Å². The van der Waals surface area contributed by atoms with E-state index in [-0.39, 0.29) is 23.8 Å². The number of hydrogen-bond donors (Lipinski definition) is 1. The van der Waals surface area contributed by atoms with Crippen molar-refractivity contribution in [2.24, 2.45) is 5.92 Å². The van der Waals surface area contributed by atoms with Crippen LogP contribution in [-0.2, 0) is 4.79 Å². The van der Waals surface area contributed by atoms with Gasteiger partial charge in [0.25, 0.3) is 11.6 Å². The van der Waals surface area contributed by atoms with Crippen LogP contribution in [0.2, 0.25) is 0 Å².